The molecular weight excluding hydrogens is 472 g/mol. The van der Waals surface area contributed by atoms with Crippen molar-refractivity contribution in [3.63, 3.8) is 0 Å². The number of anilines is 2. The second-order valence-electron chi connectivity index (χ2n) is 9.43. The molecule has 1 unspecified atom stereocenters. The summed E-state index contributed by atoms with van der Waals surface area (Å²) >= 11 is 1.52. The van der Waals surface area contributed by atoms with Crippen molar-refractivity contribution in [2.45, 2.75) is 39.7 Å². The van der Waals surface area contributed by atoms with E-state index in [1.54, 1.807) is 6.20 Å². The molecule has 1 N–H and O–H groups in total. The van der Waals surface area contributed by atoms with Crippen molar-refractivity contribution in [3.8, 4) is 0 Å². The zero-order valence-electron chi connectivity index (χ0n) is 21.3. The summed E-state index contributed by atoms with van der Waals surface area (Å²) in [5.74, 6) is -0.118. The third-order valence-corrected chi connectivity index (χ3v) is 8.38. The first-order chi connectivity index (χ1) is 17.5. The maximum absolute atomic E-state index is 12.7. The topological polar surface area (TPSA) is 88.8 Å². The number of thiophene rings is 1. The molecule has 0 saturated carbocycles. The number of aryl methyl sites for hydroxylation is 2. The smallest absolute Gasteiger partial charge is 0.265 e. The van der Waals surface area contributed by atoms with Gasteiger partial charge in [-0.1, -0.05) is 19.1 Å². The van der Waals surface area contributed by atoms with Crippen LogP contribution in [-0.4, -0.2) is 78.8 Å². The van der Waals surface area contributed by atoms with Crippen LogP contribution >= 0.6 is 11.3 Å². The van der Waals surface area contributed by atoms with E-state index in [1.165, 1.54) is 21.8 Å². The molecule has 0 radical (unpaired) electrons. The molecule has 0 spiro atoms. The molecular formula is C26H34N8OS. The molecule has 5 heterocycles. The van der Waals surface area contributed by atoms with Gasteiger partial charge in [0, 0.05) is 43.3 Å². The minimum Gasteiger partial charge on any atom is -0.320 e. The highest BCUT2D eigenvalue weighted by Gasteiger charge is 2.28. The summed E-state index contributed by atoms with van der Waals surface area (Å²) in [5.41, 5.74) is 4.58. The van der Waals surface area contributed by atoms with Crippen LogP contribution in [0.2, 0.25) is 0 Å². The molecule has 0 aromatic carbocycles. The minimum absolute atomic E-state index is 0.118. The van der Waals surface area contributed by atoms with Crippen molar-refractivity contribution in [1.82, 2.24) is 14.8 Å². The van der Waals surface area contributed by atoms with Gasteiger partial charge < -0.3 is 10.2 Å². The van der Waals surface area contributed by atoms with Crippen LogP contribution in [0.5, 0.6) is 0 Å². The summed E-state index contributed by atoms with van der Waals surface area (Å²) in [6.07, 6.45) is 5.68. The zero-order valence-corrected chi connectivity index (χ0v) is 22.1. The highest BCUT2D eigenvalue weighted by molar-refractivity contribution is 7.14. The van der Waals surface area contributed by atoms with Gasteiger partial charge in [-0.3, -0.25) is 19.7 Å². The van der Waals surface area contributed by atoms with Gasteiger partial charge in [0.2, 0.25) is 0 Å². The summed E-state index contributed by atoms with van der Waals surface area (Å²) in [4.78, 5) is 28.8. The molecule has 1 amide bonds. The fraction of sp³-hybridized carbons (Fsp3) is 0.500. The van der Waals surface area contributed by atoms with Gasteiger partial charge in [0.05, 0.1) is 46.9 Å². The molecule has 2 aromatic rings. The number of pyridine rings is 1. The highest BCUT2D eigenvalue weighted by Crippen LogP contribution is 2.31. The maximum Gasteiger partial charge on any atom is 0.265 e. The molecule has 36 heavy (non-hydrogen) atoms. The van der Waals surface area contributed by atoms with E-state index >= 15 is 0 Å². The number of aromatic nitrogens is 1. The molecule has 1 saturated heterocycles. The van der Waals surface area contributed by atoms with Crippen molar-refractivity contribution in [3.05, 3.63) is 51.1 Å². The standard InChI is InChI=1S/C26H34N8OS/c1-4-22-6-7-25(36-22)26(35)29-20-13-24(18(3)28-15-20)34-17-23(30-31-34)19-12-21(16-27-14-19)33-10-8-32(5-2)9-11-33/h6-7,13,15-16,21H,4-5,8-12,14,17H2,1-3H3,(H,29,35)/b23-19-. The molecule has 2 aromatic heterocycles. The molecule has 5 rings (SSSR count). The summed E-state index contributed by atoms with van der Waals surface area (Å²) < 4.78 is 0. The largest absolute Gasteiger partial charge is 0.320 e. The van der Waals surface area contributed by atoms with Gasteiger partial charge >= 0.3 is 0 Å². The first-order valence-corrected chi connectivity index (χ1v) is 13.6. The summed E-state index contributed by atoms with van der Waals surface area (Å²) in [6.45, 7) is 13.0. The molecule has 0 aliphatic carbocycles. The Morgan fingerprint density at radius 3 is 2.78 bits per heavy atom. The molecule has 3 aliphatic heterocycles. The van der Waals surface area contributed by atoms with Crippen molar-refractivity contribution >= 4 is 34.8 Å². The fourth-order valence-corrected chi connectivity index (χ4v) is 5.70. The average Bonchev–Trinajstić information content (AvgIpc) is 3.60. The van der Waals surface area contributed by atoms with E-state index in [9.17, 15) is 4.79 Å². The molecule has 1 fully saturated rings. The van der Waals surface area contributed by atoms with Crippen LogP contribution in [0.4, 0.5) is 11.4 Å². The van der Waals surface area contributed by atoms with Gasteiger partial charge in [0.25, 0.3) is 5.91 Å². The third kappa shape index (κ3) is 5.40. The lowest BCUT2D eigenvalue weighted by molar-refractivity contribution is 0.103. The second kappa shape index (κ2) is 11.0. The molecule has 0 bridgehead atoms. The first kappa shape index (κ1) is 24.7. The number of nitrogens with zero attached hydrogens (tertiary/aromatic N) is 7. The number of piperazine rings is 1. The van der Waals surface area contributed by atoms with Crippen molar-refractivity contribution in [2.75, 3.05) is 56.1 Å². The number of nitrogens with one attached hydrogen (secondary N) is 1. The second-order valence-corrected chi connectivity index (χ2v) is 10.6. The van der Waals surface area contributed by atoms with Crippen molar-refractivity contribution < 1.29 is 4.79 Å². The Bertz CT molecular complexity index is 1190. The summed E-state index contributed by atoms with van der Waals surface area (Å²) in [6, 6.07) is 6.13. The van der Waals surface area contributed by atoms with Gasteiger partial charge in [-0.15, -0.1) is 16.5 Å². The van der Waals surface area contributed by atoms with E-state index < -0.39 is 0 Å². The predicted octanol–water partition coefficient (Wildman–Crippen LogP) is 4.19. The van der Waals surface area contributed by atoms with E-state index in [2.05, 4.69) is 55.5 Å². The van der Waals surface area contributed by atoms with E-state index in [0.29, 0.717) is 29.7 Å². The average molecular weight is 507 g/mol. The van der Waals surface area contributed by atoms with Crippen LogP contribution < -0.4 is 10.3 Å². The van der Waals surface area contributed by atoms with Crippen LogP contribution in [0.15, 0.2) is 51.0 Å². The number of carbonyl (C=O) groups excluding carboxylic acids is 1. The van der Waals surface area contributed by atoms with E-state index in [1.807, 2.05) is 30.1 Å². The lowest BCUT2D eigenvalue weighted by Crippen LogP contribution is -2.51. The van der Waals surface area contributed by atoms with Crippen LogP contribution in [0.3, 0.4) is 0 Å². The Morgan fingerprint density at radius 2 is 2.03 bits per heavy atom. The SMILES string of the molecule is CCc1ccc(C(=O)Nc2cnc(C)c(N3C/C(=C4/CN=CC(N5CCN(CC)CC5)C4)N=N3)c2)s1. The number of rotatable bonds is 6. The molecule has 10 heteroatoms. The fourth-order valence-electron chi connectivity index (χ4n) is 4.86. The van der Waals surface area contributed by atoms with E-state index in [0.717, 1.165) is 62.6 Å². The molecule has 1 atom stereocenters. The van der Waals surface area contributed by atoms with Gasteiger partial charge in [-0.2, -0.15) is 0 Å². The Balaban J connectivity index is 1.25. The van der Waals surface area contributed by atoms with Crippen LogP contribution in [0, 0.1) is 6.92 Å². The number of carbonyl (C=O) groups is 1. The molecule has 190 valence electrons. The lowest BCUT2D eigenvalue weighted by Gasteiger charge is -2.38. The van der Waals surface area contributed by atoms with Gasteiger partial charge in [-0.05, 0) is 50.1 Å². The van der Waals surface area contributed by atoms with Crippen LogP contribution in [-0.2, 0) is 6.42 Å². The summed E-state index contributed by atoms with van der Waals surface area (Å²) in [5, 5.41) is 13.8. The lowest BCUT2D eigenvalue weighted by atomic mass is 10.00. The quantitative estimate of drug-likeness (QED) is 0.635. The minimum atomic E-state index is -0.118. The zero-order chi connectivity index (χ0) is 25.1. The summed E-state index contributed by atoms with van der Waals surface area (Å²) in [7, 11) is 0. The van der Waals surface area contributed by atoms with E-state index in [-0.39, 0.29) is 5.91 Å². The first-order valence-electron chi connectivity index (χ1n) is 12.8. The number of hydrogen-bond donors (Lipinski definition) is 1. The Kier molecular flexibility index (Phi) is 7.54. The van der Waals surface area contributed by atoms with Gasteiger partial charge in [0.15, 0.2) is 0 Å². The molecule has 3 aliphatic rings. The highest BCUT2D eigenvalue weighted by atomic mass is 32.1. The predicted molar refractivity (Wildman–Crippen MR) is 145 cm³/mol. The Morgan fingerprint density at radius 1 is 1.19 bits per heavy atom. The van der Waals surface area contributed by atoms with Gasteiger partial charge in [-0.25, -0.2) is 5.01 Å². The van der Waals surface area contributed by atoms with E-state index in [4.69, 9.17) is 0 Å². The normalized spacial score (nSPS) is 23.0. The van der Waals surface area contributed by atoms with Crippen LogP contribution in [0.1, 0.15) is 40.5 Å². The Hall–Kier alpha value is -2.95. The molecule has 9 nitrogen and oxygen atoms in total. The number of hydrogen-bond acceptors (Lipinski definition) is 9. The number of amides is 1. The number of aliphatic imine (C=N–C) groups is 1. The van der Waals surface area contributed by atoms with Crippen molar-refractivity contribution in [1.29, 1.82) is 0 Å². The van der Waals surface area contributed by atoms with Crippen molar-refractivity contribution in [2.24, 2.45) is 15.3 Å². The number of likely N-dealkylation sites (N-methyl/N-ethyl adjacent to an activating group) is 1. The van der Waals surface area contributed by atoms with Crippen LogP contribution in [0.25, 0.3) is 0 Å². The third-order valence-electron chi connectivity index (χ3n) is 7.15. The maximum atomic E-state index is 12.7. The Labute approximate surface area is 216 Å². The van der Waals surface area contributed by atoms with Gasteiger partial charge in [0.1, 0.15) is 0 Å². The monoisotopic (exact) mass is 506 g/mol.